The maximum atomic E-state index is 8.42. The van der Waals surface area contributed by atoms with Crippen LogP contribution in [0.15, 0.2) is 30.4 Å². The molecule has 0 aromatic carbocycles. The summed E-state index contributed by atoms with van der Waals surface area (Å²) in [6, 6.07) is 2.06. The lowest BCUT2D eigenvalue weighted by atomic mass is 10.1. The lowest BCUT2D eigenvalue weighted by Crippen LogP contribution is -1.81. The van der Waals surface area contributed by atoms with Gasteiger partial charge in [0, 0.05) is 11.1 Å². The molecule has 15 heavy (non-hydrogen) atoms. The van der Waals surface area contributed by atoms with E-state index in [-0.39, 0.29) is 0 Å². The Morgan fingerprint density at radius 3 is 2.40 bits per heavy atom. The van der Waals surface area contributed by atoms with Crippen molar-refractivity contribution in [3.05, 3.63) is 42.9 Å². The summed E-state index contributed by atoms with van der Waals surface area (Å²) in [6.45, 7) is 15.5. The Morgan fingerprint density at radius 1 is 1.47 bits per heavy atom. The molecule has 0 aliphatic carbocycles. The van der Waals surface area contributed by atoms with Gasteiger partial charge in [0.1, 0.15) is 5.76 Å². The van der Waals surface area contributed by atoms with Gasteiger partial charge in [-0.1, -0.05) is 26.5 Å². The second kappa shape index (κ2) is 10.3. The second-order valence-electron chi connectivity index (χ2n) is 2.27. The highest BCUT2D eigenvalue weighted by atomic mass is 16.3. The lowest BCUT2D eigenvalue weighted by Gasteiger charge is -1.89. The molecule has 0 atom stereocenters. The summed E-state index contributed by atoms with van der Waals surface area (Å²) >= 11 is 0. The molecule has 1 aromatic heterocycles. The van der Waals surface area contributed by atoms with Crippen LogP contribution >= 0.6 is 0 Å². The molecule has 1 aromatic rings. The van der Waals surface area contributed by atoms with E-state index in [1.54, 1.807) is 12.3 Å². The Morgan fingerprint density at radius 2 is 2.00 bits per heavy atom. The van der Waals surface area contributed by atoms with Crippen LogP contribution in [0.5, 0.6) is 0 Å². The van der Waals surface area contributed by atoms with E-state index in [1.807, 2.05) is 20.8 Å². The first kappa shape index (κ1) is 15.7. The highest BCUT2D eigenvalue weighted by molar-refractivity contribution is 5.53. The molecule has 0 aliphatic heterocycles. The summed E-state index contributed by atoms with van der Waals surface area (Å²) in [4.78, 5) is 0. The summed E-state index contributed by atoms with van der Waals surface area (Å²) in [5.41, 5.74) is 1.87. The Hall–Kier alpha value is -1.75. The highest BCUT2D eigenvalue weighted by Gasteiger charge is 2.05. The molecule has 0 saturated heterocycles. The fourth-order valence-electron chi connectivity index (χ4n) is 1.01. The summed E-state index contributed by atoms with van der Waals surface area (Å²) in [5.74, 6) is 0.824. The lowest BCUT2D eigenvalue weighted by molar-refractivity contribution is 0.532. The summed E-state index contributed by atoms with van der Waals surface area (Å²) in [7, 11) is 0. The van der Waals surface area contributed by atoms with Gasteiger partial charge in [0.05, 0.1) is 18.8 Å². The number of hydrogen-bond donors (Lipinski definition) is 0. The molecule has 0 spiro atoms. The van der Waals surface area contributed by atoms with Crippen LogP contribution in [-0.2, 0) is 6.42 Å². The average Bonchev–Trinajstić information content (AvgIpc) is 2.65. The Balaban J connectivity index is 0. The maximum absolute atomic E-state index is 8.42. The van der Waals surface area contributed by atoms with E-state index >= 15 is 0 Å². The highest BCUT2D eigenvalue weighted by Crippen LogP contribution is 2.17. The summed E-state index contributed by atoms with van der Waals surface area (Å²) in [6.07, 6.45) is 3.71. The van der Waals surface area contributed by atoms with Gasteiger partial charge in [0.25, 0.3) is 0 Å². The predicted molar refractivity (Wildman–Crippen MR) is 65.5 cm³/mol. The van der Waals surface area contributed by atoms with Crippen molar-refractivity contribution in [1.82, 2.24) is 0 Å². The molecule has 1 rings (SSSR count). The van der Waals surface area contributed by atoms with Crippen molar-refractivity contribution in [2.75, 3.05) is 0 Å². The normalized spacial score (nSPS) is 7.33. The zero-order chi connectivity index (χ0) is 12.3. The second-order valence-corrected chi connectivity index (χ2v) is 2.27. The van der Waals surface area contributed by atoms with E-state index in [1.165, 1.54) is 0 Å². The van der Waals surface area contributed by atoms with Crippen molar-refractivity contribution in [1.29, 1.82) is 5.26 Å². The predicted octanol–water partition coefficient (Wildman–Crippen LogP) is 4.13. The first-order valence-electron chi connectivity index (χ1n) is 4.86. The van der Waals surface area contributed by atoms with Crippen LogP contribution in [0.2, 0.25) is 0 Å². The zero-order valence-electron chi connectivity index (χ0n) is 9.84. The van der Waals surface area contributed by atoms with Gasteiger partial charge in [-0.25, -0.2) is 0 Å². The van der Waals surface area contributed by atoms with Gasteiger partial charge in [-0.05, 0) is 6.92 Å². The fourth-order valence-corrected chi connectivity index (χ4v) is 1.01. The fraction of sp³-hybridized carbons (Fsp3) is 0.308. The van der Waals surface area contributed by atoms with Gasteiger partial charge < -0.3 is 4.42 Å². The van der Waals surface area contributed by atoms with E-state index in [9.17, 15) is 0 Å². The molecule has 0 bridgehead atoms. The first-order chi connectivity index (χ1) is 7.29. The van der Waals surface area contributed by atoms with E-state index in [0.717, 1.165) is 16.9 Å². The standard InChI is InChI=1S/C9H9NO.C2H6.C2H4/c1-3-9-7(2)11-6-8(9)4-5-10;2*1-2/h3,6H,1,4H2,2H3;1-2H3;1-2H2. The maximum Gasteiger partial charge on any atom is 0.108 e. The third kappa shape index (κ3) is 4.87. The van der Waals surface area contributed by atoms with Crippen molar-refractivity contribution >= 4 is 6.08 Å². The van der Waals surface area contributed by atoms with Gasteiger partial charge in [-0.15, -0.1) is 13.2 Å². The van der Waals surface area contributed by atoms with Crippen molar-refractivity contribution in [3.63, 3.8) is 0 Å². The van der Waals surface area contributed by atoms with Crippen molar-refractivity contribution in [2.45, 2.75) is 27.2 Å². The molecule has 0 amide bonds. The average molecular weight is 205 g/mol. The van der Waals surface area contributed by atoms with E-state index < -0.39 is 0 Å². The number of nitriles is 1. The van der Waals surface area contributed by atoms with E-state index in [0.29, 0.717) is 6.42 Å². The third-order valence-corrected chi connectivity index (χ3v) is 1.58. The van der Waals surface area contributed by atoms with Crippen LogP contribution in [0, 0.1) is 18.3 Å². The van der Waals surface area contributed by atoms with Crippen LogP contribution in [0.25, 0.3) is 6.08 Å². The van der Waals surface area contributed by atoms with Gasteiger partial charge in [-0.3, -0.25) is 0 Å². The molecule has 0 saturated carbocycles. The quantitative estimate of drug-likeness (QED) is 0.681. The minimum atomic E-state index is 0.388. The third-order valence-electron chi connectivity index (χ3n) is 1.58. The Kier molecular flexibility index (Phi) is 10.8. The van der Waals surface area contributed by atoms with E-state index in [2.05, 4.69) is 25.8 Å². The molecule has 0 radical (unpaired) electrons. The number of aryl methyl sites for hydroxylation is 1. The largest absolute Gasteiger partial charge is 0.469 e. The minimum Gasteiger partial charge on any atom is -0.469 e. The van der Waals surface area contributed by atoms with E-state index in [4.69, 9.17) is 9.68 Å². The number of nitrogens with zero attached hydrogens (tertiary/aromatic N) is 1. The molecule has 0 fully saturated rings. The summed E-state index contributed by atoms with van der Waals surface area (Å²) < 4.78 is 5.12. The zero-order valence-corrected chi connectivity index (χ0v) is 9.84. The topological polar surface area (TPSA) is 36.9 Å². The van der Waals surface area contributed by atoms with Crippen LogP contribution in [-0.4, -0.2) is 0 Å². The number of hydrogen-bond acceptors (Lipinski definition) is 2. The monoisotopic (exact) mass is 205 g/mol. The first-order valence-corrected chi connectivity index (χ1v) is 4.86. The van der Waals surface area contributed by atoms with Gasteiger partial charge >= 0.3 is 0 Å². The Labute approximate surface area is 92.5 Å². The molecule has 2 nitrogen and oxygen atoms in total. The van der Waals surface area contributed by atoms with Crippen LogP contribution in [0.4, 0.5) is 0 Å². The van der Waals surface area contributed by atoms with Crippen molar-refractivity contribution in [3.8, 4) is 6.07 Å². The van der Waals surface area contributed by atoms with Crippen molar-refractivity contribution in [2.24, 2.45) is 0 Å². The summed E-state index contributed by atoms with van der Waals surface area (Å²) in [5, 5.41) is 8.42. The van der Waals surface area contributed by atoms with Gasteiger partial charge in [-0.2, -0.15) is 5.26 Å². The SMILES string of the molecule is C=C.C=Cc1c(CC#N)coc1C.CC. The van der Waals surface area contributed by atoms with Gasteiger partial charge in [0.2, 0.25) is 0 Å². The molecule has 0 unspecified atom stereocenters. The molecule has 0 aliphatic rings. The molecule has 2 heteroatoms. The minimum absolute atomic E-state index is 0.388. The molecular formula is C13H19NO. The molecule has 1 heterocycles. The van der Waals surface area contributed by atoms with Gasteiger partial charge in [0.15, 0.2) is 0 Å². The molecule has 82 valence electrons. The van der Waals surface area contributed by atoms with Crippen molar-refractivity contribution < 1.29 is 4.42 Å². The molecular weight excluding hydrogens is 186 g/mol. The van der Waals surface area contributed by atoms with Crippen LogP contribution in [0.3, 0.4) is 0 Å². The van der Waals surface area contributed by atoms with Crippen LogP contribution < -0.4 is 0 Å². The molecule has 0 N–H and O–H groups in total. The van der Waals surface area contributed by atoms with Crippen LogP contribution in [0.1, 0.15) is 30.7 Å². The Bertz CT molecular complexity index is 318. The number of rotatable bonds is 2. The number of furan rings is 1. The smallest absolute Gasteiger partial charge is 0.108 e.